The second kappa shape index (κ2) is 10.9. The number of nitrogens with zero attached hydrogens (tertiary/aromatic N) is 2. The molecule has 5 nitrogen and oxygen atoms in total. The lowest BCUT2D eigenvalue weighted by Crippen LogP contribution is -2.49. The van der Waals surface area contributed by atoms with Gasteiger partial charge in [0, 0.05) is 32.7 Å². The molecular weight excluding hydrogens is 477 g/mol. The lowest BCUT2D eigenvalue weighted by Gasteiger charge is -2.34. The van der Waals surface area contributed by atoms with Gasteiger partial charge in [0.25, 0.3) is 0 Å². The van der Waals surface area contributed by atoms with Crippen LogP contribution in [0.4, 0.5) is 13.2 Å². The molecule has 0 unspecified atom stereocenters. The van der Waals surface area contributed by atoms with Gasteiger partial charge in [0.05, 0.1) is 17.1 Å². The highest BCUT2D eigenvalue weighted by atomic mass is 32.2. The fraction of sp³-hybridized carbons (Fsp3) is 0.308. The van der Waals surface area contributed by atoms with Gasteiger partial charge in [0.15, 0.2) is 0 Å². The smallest absolute Gasteiger partial charge is 0.367 e. The van der Waals surface area contributed by atoms with Gasteiger partial charge in [-0.1, -0.05) is 60.7 Å². The van der Waals surface area contributed by atoms with E-state index in [1.165, 1.54) is 10.4 Å². The molecule has 1 saturated heterocycles. The number of hydrogen-bond acceptors (Lipinski definition) is 4. The highest BCUT2D eigenvalue weighted by Gasteiger charge is 2.31. The first kappa shape index (κ1) is 25.4. The Bertz CT molecular complexity index is 1200. The molecule has 0 spiro atoms. The van der Waals surface area contributed by atoms with Crippen molar-refractivity contribution in [3.8, 4) is 0 Å². The number of rotatable bonds is 8. The Balaban J connectivity index is 1.38. The minimum absolute atomic E-state index is 0.281. The van der Waals surface area contributed by atoms with Gasteiger partial charge in [0.1, 0.15) is 6.10 Å². The van der Waals surface area contributed by atoms with Gasteiger partial charge in [-0.2, -0.15) is 17.5 Å². The maximum atomic E-state index is 13.3. The van der Waals surface area contributed by atoms with Crippen LogP contribution in [0.5, 0.6) is 0 Å². The molecule has 1 fully saturated rings. The van der Waals surface area contributed by atoms with Crippen LogP contribution in [0.2, 0.25) is 0 Å². The lowest BCUT2D eigenvalue weighted by atomic mass is 9.99. The van der Waals surface area contributed by atoms with Crippen LogP contribution in [0.25, 0.3) is 0 Å². The Kier molecular flexibility index (Phi) is 7.91. The van der Waals surface area contributed by atoms with Crippen molar-refractivity contribution < 1.29 is 26.3 Å². The molecule has 186 valence electrons. The molecule has 0 bridgehead atoms. The van der Waals surface area contributed by atoms with Crippen LogP contribution in [0, 0.1) is 0 Å². The van der Waals surface area contributed by atoms with Crippen molar-refractivity contribution in [3.05, 3.63) is 102 Å². The first-order valence-corrected chi connectivity index (χ1v) is 12.8. The topological polar surface area (TPSA) is 49.9 Å². The Morgan fingerprint density at radius 3 is 2.03 bits per heavy atom. The summed E-state index contributed by atoms with van der Waals surface area (Å²) in [6.07, 6.45) is -5.07. The van der Waals surface area contributed by atoms with Crippen molar-refractivity contribution in [1.82, 2.24) is 9.21 Å². The van der Waals surface area contributed by atoms with E-state index in [2.05, 4.69) is 4.90 Å². The summed E-state index contributed by atoms with van der Waals surface area (Å²) in [7, 11) is -3.52. The van der Waals surface area contributed by atoms with Gasteiger partial charge in [0.2, 0.25) is 10.0 Å². The van der Waals surface area contributed by atoms with Gasteiger partial charge < -0.3 is 4.74 Å². The van der Waals surface area contributed by atoms with E-state index in [9.17, 15) is 21.6 Å². The molecule has 1 heterocycles. The molecule has 9 heteroatoms. The third-order valence-electron chi connectivity index (χ3n) is 6.02. The molecule has 1 aliphatic rings. The van der Waals surface area contributed by atoms with Crippen LogP contribution in [-0.4, -0.2) is 57.0 Å². The second-order valence-electron chi connectivity index (χ2n) is 8.34. The molecule has 3 aromatic carbocycles. The van der Waals surface area contributed by atoms with E-state index in [0.717, 1.165) is 17.7 Å². The van der Waals surface area contributed by atoms with Crippen molar-refractivity contribution in [3.63, 3.8) is 0 Å². The average molecular weight is 505 g/mol. The van der Waals surface area contributed by atoms with Gasteiger partial charge in [-0.15, -0.1) is 0 Å². The Morgan fingerprint density at radius 1 is 0.800 bits per heavy atom. The molecule has 35 heavy (non-hydrogen) atoms. The van der Waals surface area contributed by atoms with E-state index in [0.29, 0.717) is 44.9 Å². The van der Waals surface area contributed by atoms with Gasteiger partial charge in [-0.05, 0) is 35.4 Å². The number of sulfonamides is 1. The lowest BCUT2D eigenvalue weighted by molar-refractivity contribution is -0.137. The van der Waals surface area contributed by atoms with E-state index in [4.69, 9.17) is 4.74 Å². The fourth-order valence-electron chi connectivity index (χ4n) is 4.13. The van der Waals surface area contributed by atoms with Crippen LogP contribution in [0.3, 0.4) is 0 Å². The van der Waals surface area contributed by atoms with E-state index in [-0.39, 0.29) is 4.90 Å². The number of benzene rings is 3. The van der Waals surface area contributed by atoms with Crippen LogP contribution in [0.1, 0.15) is 22.8 Å². The van der Waals surface area contributed by atoms with Crippen molar-refractivity contribution in [1.29, 1.82) is 0 Å². The minimum atomic E-state index is -4.43. The predicted molar refractivity (Wildman–Crippen MR) is 127 cm³/mol. The summed E-state index contributed by atoms with van der Waals surface area (Å²) >= 11 is 0. The Morgan fingerprint density at radius 2 is 1.40 bits per heavy atom. The monoisotopic (exact) mass is 504 g/mol. The summed E-state index contributed by atoms with van der Waals surface area (Å²) in [4.78, 5) is 2.38. The molecule has 4 rings (SSSR count). The summed E-state index contributed by atoms with van der Waals surface area (Å²) in [6, 6.07) is 22.7. The number of hydrogen-bond donors (Lipinski definition) is 0. The summed E-state index contributed by atoms with van der Waals surface area (Å²) in [5.74, 6) is 0. The molecule has 0 aromatic heterocycles. The zero-order chi connectivity index (χ0) is 24.9. The largest absolute Gasteiger partial charge is 0.416 e. The highest BCUT2D eigenvalue weighted by molar-refractivity contribution is 7.89. The van der Waals surface area contributed by atoms with Crippen LogP contribution in [-0.2, 0) is 20.9 Å². The quantitative estimate of drug-likeness (QED) is 0.442. The number of alkyl halides is 3. The standard InChI is InChI=1S/C26H27F3N2O3S/c27-26(28,29)23-11-7-10-22(20-23)25(21-8-3-1-4-9-21)34-19-18-30-14-16-31(17-15-30)35(32,33)24-12-5-2-6-13-24/h1-13,20,25H,14-19H2/t25-/m0/s1. The van der Waals surface area contributed by atoms with E-state index in [1.54, 1.807) is 36.4 Å². The summed E-state index contributed by atoms with van der Waals surface area (Å²) in [5.41, 5.74) is 0.491. The third kappa shape index (κ3) is 6.29. The summed E-state index contributed by atoms with van der Waals surface area (Å²) in [6.45, 7) is 2.67. The zero-order valence-corrected chi connectivity index (χ0v) is 19.9. The first-order valence-electron chi connectivity index (χ1n) is 11.4. The number of ether oxygens (including phenoxy) is 1. The first-order chi connectivity index (χ1) is 16.7. The SMILES string of the molecule is O=S(=O)(c1ccccc1)N1CCN(CCO[C@@H](c2ccccc2)c2cccc(C(F)(F)F)c2)CC1. The molecule has 0 radical (unpaired) electrons. The second-order valence-corrected chi connectivity index (χ2v) is 10.3. The Labute approximate surface area is 203 Å². The molecule has 1 atom stereocenters. The van der Waals surface area contributed by atoms with Crippen LogP contribution < -0.4 is 0 Å². The van der Waals surface area contributed by atoms with E-state index in [1.807, 2.05) is 30.3 Å². The van der Waals surface area contributed by atoms with E-state index < -0.39 is 27.9 Å². The highest BCUT2D eigenvalue weighted by Crippen LogP contribution is 2.33. The normalized spacial score (nSPS) is 16.8. The van der Waals surface area contributed by atoms with Gasteiger partial charge in [-0.25, -0.2) is 8.42 Å². The fourth-order valence-corrected chi connectivity index (χ4v) is 5.57. The minimum Gasteiger partial charge on any atom is -0.367 e. The molecular formula is C26H27F3N2O3S. The molecule has 0 saturated carbocycles. The maximum Gasteiger partial charge on any atom is 0.416 e. The molecule has 0 amide bonds. The van der Waals surface area contributed by atoms with Crippen molar-refractivity contribution in [2.24, 2.45) is 0 Å². The van der Waals surface area contributed by atoms with Crippen molar-refractivity contribution >= 4 is 10.0 Å². The van der Waals surface area contributed by atoms with Crippen LogP contribution in [0.15, 0.2) is 89.8 Å². The number of halogens is 3. The van der Waals surface area contributed by atoms with Crippen LogP contribution >= 0.6 is 0 Å². The van der Waals surface area contributed by atoms with Crippen molar-refractivity contribution in [2.75, 3.05) is 39.3 Å². The van der Waals surface area contributed by atoms with Crippen molar-refractivity contribution in [2.45, 2.75) is 17.2 Å². The number of piperazine rings is 1. The predicted octanol–water partition coefficient (Wildman–Crippen LogP) is 4.82. The van der Waals surface area contributed by atoms with Gasteiger partial charge in [-0.3, -0.25) is 4.90 Å². The maximum absolute atomic E-state index is 13.3. The zero-order valence-electron chi connectivity index (χ0n) is 19.1. The van der Waals surface area contributed by atoms with E-state index >= 15 is 0 Å². The molecule has 1 aliphatic heterocycles. The summed E-state index contributed by atoms with van der Waals surface area (Å²) < 4.78 is 73.0. The third-order valence-corrected chi connectivity index (χ3v) is 7.94. The molecule has 3 aromatic rings. The average Bonchev–Trinajstić information content (AvgIpc) is 2.87. The summed E-state index contributed by atoms with van der Waals surface area (Å²) in [5, 5.41) is 0. The Hall–Kier alpha value is -2.72. The molecule has 0 aliphatic carbocycles. The van der Waals surface area contributed by atoms with Gasteiger partial charge >= 0.3 is 6.18 Å². The molecule has 0 N–H and O–H groups in total.